The van der Waals surface area contributed by atoms with E-state index in [4.69, 9.17) is 0 Å². The van der Waals surface area contributed by atoms with E-state index in [9.17, 15) is 0 Å². The van der Waals surface area contributed by atoms with Crippen molar-refractivity contribution in [2.24, 2.45) is 0 Å². The van der Waals surface area contributed by atoms with Crippen LogP contribution in [0, 0.1) is 0 Å². The average Bonchev–Trinajstić information content (AvgIpc) is 1.00. The van der Waals surface area contributed by atoms with Crippen LogP contribution in [0.4, 0.5) is 0 Å². The van der Waals surface area contributed by atoms with Crippen molar-refractivity contribution in [1.82, 2.24) is 0 Å². The minimum absolute atomic E-state index is 0. The number of rotatable bonds is 0. The topological polar surface area (TPSA) is 0 Å². The van der Waals surface area contributed by atoms with E-state index in [2.05, 4.69) is 16.0 Å². The predicted molar refractivity (Wildman–Crippen MR) is 37.6 cm³/mol. The molecule has 0 atom stereocenters. The molecule has 0 aliphatic carbocycles. The summed E-state index contributed by atoms with van der Waals surface area (Å²) in [5.74, 6) is 1.88. The van der Waals surface area contributed by atoms with Gasteiger partial charge < -0.3 is 0 Å². The van der Waals surface area contributed by atoms with Crippen LogP contribution in [0.15, 0.2) is 0 Å². The largest absolute Gasteiger partial charge is 0 e. The molecule has 0 rings (SSSR count). The molecule has 4 radical (unpaired) electrons. The third-order valence-corrected chi connectivity index (χ3v) is 0. The summed E-state index contributed by atoms with van der Waals surface area (Å²) in [6, 6.07) is 0. The fourth-order valence-corrected chi connectivity index (χ4v) is 0. The molecular formula is C4H15PbSe-. The SMILES string of the molecule is C.C.C.C[Se-].[Pb]. The van der Waals surface area contributed by atoms with Crippen LogP contribution in [-0.4, -0.2) is 43.3 Å². The van der Waals surface area contributed by atoms with Gasteiger partial charge in [-0.1, -0.05) is 22.3 Å². The first-order valence-corrected chi connectivity index (χ1v) is 2.12. The molecule has 0 aliphatic rings. The molecule has 0 spiro atoms. The van der Waals surface area contributed by atoms with Gasteiger partial charge >= 0.3 is 21.8 Å². The smallest absolute Gasteiger partial charge is 0 e. The molecule has 0 aromatic heterocycles. The quantitative estimate of drug-likeness (QED) is 0.585. The van der Waals surface area contributed by atoms with Crippen molar-refractivity contribution in [2.75, 3.05) is 0 Å². The van der Waals surface area contributed by atoms with Crippen LogP contribution in [0.5, 0.6) is 0 Å². The molecule has 0 nitrogen and oxygen atoms in total. The molecule has 6 heavy (non-hydrogen) atoms. The molecule has 0 aliphatic heterocycles. The second-order valence-electron chi connectivity index (χ2n) is 0. The molecule has 0 amide bonds. The Hall–Kier alpha value is 1.44. The van der Waals surface area contributed by atoms with E-state index in [0.717, 1.165) is 0 Å². The molecule has 0 saturated carbocycles. The Kier molecular flexibility index (Phi) is 792. The van der Waals surface area contributed by atoms with Crippen LogP contribution in [0.25, 0.3) is 0 Å². The fourth-order valence-electron chi connectivity index (χ4n) is 0. The van der Waals surface area contributed by atoms with Gasteiger partial charge in [0.15, 0.2) is 0 Å². The summed E-state index contributed by atoms with van der Waals surface area (Å²) in [4.78, 5) is 0. The molecular weight excluding hydrogens is 334 g/mol. The van der Waals surface area contributed by atoms with Gasteiger partial charge in [-0.05, 0) is 0 Å². The second kappa shape index (κ2) is 91.8. The van der Waals surface area contributed by atoms with Gasteiger partial charge in [0.25, 0.3) is 0 Å². The van der Waals surface area contributed by atoms with E-state index in [1.54, 1.807) is 0 Å². The third kappa shape index (κ3) is 51.7. The molecule has 2 heteroatoms. The minimum Gasteiger partial charge on any atom is 0 e. The zero-order chi connectivity index (χ0) is 2.00. The molecule has 0 aromatic rings. The van der Waals surface area contributed by atoms with Crippen molar-refractivity contribution >= 4 is 43.3 Å². The van der Waals surface area contributed by atoms with E-state index in [1.165, 1.54) is 0 Å². The van der Waals surface area contributed by atoms with E-state index in [0.29, 0.717) is 0 Å². The zero-order valence-corrected chi connectivity index (χ0v) is 7.51. The summed E-state index contributed by atoms with van der Waals surface area (Å²) in [7, 11) is 0. The van der Waals surface area contributed by atoms with Crippen LogP contribution in [0.2, 0.25) is 5.82 Å². The number of hydrogen-bond donors (Lipinski definition) is 0. The standard InChI is InChI=1S/CH4Se.3CH4.Pb/c1-2;;;;/h2H,1H3;3*1H4;/p-1. The second-order valence-corrected chi connectivity index (χ2v) is 0. The zero-order valence-electron chi connectivity index (χ0n) is 1.91. The average molecular weight is 349 g/mol. The van der Waals surface area contributed by atoms with Gasteiger partial charge in [0.2, 0.25) is 0 Å². The maximum Gasteiger partial charge on any atom is 0 e. The molecule has 0 saturated heterocycles. The van der Waals surface area contributed by atoms with E-state index >= 15 is 0 Å². The van der Waals surface area contributed by atoms with Crippen molar-refractivity contribution in [3.63, 3.8) is 0 Å². The van der Waals surface area contributed by atoms with Gasteiger partial charge in [0.1, 0.15) is 0 Å². The van der Waals surface area contributed by atoms with Crippen molar-refractivity contribution < 1.29 is 0 Å². The molecule has 0 N–H and O–H groups in total. The molecule has 42 valence electrons. The normalized spacial score (nSPS) is 1.00. The van der Waals surface area contributed by atoms with Gasteiger partial charge in [-0.15, -0.1) is 0 Å². The summed E-state index contributed by atoms with van der Waals surface area (Å²) in [5.41, 5.74) is 0. The van der Waals surface area contributed by atoms with E-state index < -0.39 is 0 Å². The fraction of sp³-hybridized carbons (Fsp3) is 1.00. The molecule has 0 bridgehead atoms. The van der Waals surface area contributed by atoms with Crippen molar-refractivity contribution in [2.45, 2.75) is 28.1 Å². The van der Waals surface area contributed by atoms with Crippen LogP contribution >= 0.6 is 0 Å². The first-order valence-electron chi connectivity index (χ1n) is 0.408. The Morgan fingerprint density at radius 1 is 0.833 bits per heavy atom. The molecule has 0 unspecified atom stereocenters. The van der Waals surface area contributed by atoms with Gasteiger partial charge in [0, 0.05) is 27.3 Å². The minimum atomic E-state index is 0. The Morgan fingerprint density at radius 3 is 0.833 bits per heavy atom. The maximum atomic E-state index is 2.62. The molecule has 0 aromatic carbocycles. The van der Waals surface area contributed by atoms with Crippen molar-refractivity contribution in [3.8, 4) is 0 Å². The summed E-state index contributed by atoms with van der Waals surface area (Å²) >= 11 is 2.62. The van der Waals surface area contributed by atoms with Gasteiger partial charge in [-0.25, -0.2) is 0 Å². The summed E-state index contributed by atoms with van der Waals surface area (Å²) in [5, 5.41) is 0. The maximum absolute atomic E-state index is 2.62. The summed E-state index contributed by atoms with van der Waals surface area (Å²) < 4.78 is 0. The summed E-state index contributed by atoms with van der Waals surface area (Å²) in [6.07, 6.45) is 0. The van der Waals surface area contributed by atoms with Gasteiger partial charge in [-0.3, -0.25) is 0 Å². The van der Waals surface area contributed by atoms with Gasteiger partial charge in [-0.2, -0.15) is 0 Å². The first-order chi connectivity index (χ1) is 1.00. The van der Waals surface area contributed by atoms with Gasteiger partial charge in [0.05, 0.1) is 0 Å². The Labute approximate surface area is 71.1 Å². The van der Waals surface area contributed by atoms with E-state index in [-0.39, 0.29) is 49.6 Å². The van der Waals surface area contributed by atoms with Crippen LogP contribution in [-0.2, 0) is 0 Å². The summed E-state index contributed by atoms with van der Waals surface area (Å²) in [6.45, 7) is 0. The van der Waals surface area contributed by atoms with E-state index in [1.807, 2.05) is 5.82 Å². The Morgan fingerprint density at radius 2 is 0.833 bits per heavy atom. The van der Waals surface area contributed by atoms with Crippen LogP contribution in [0.3, 0.4) is 0 Å². The Balaban J connectivity index is -0.000000000833. The monoisotopic (exact) mass is 351 g/mol. The van der Waals surface area contributed by atoms with Crippen LogP contribution < -0.4 is 0 Å². The first kappa shape index (κ1) is 51.8. The van der Waals surface area contributed by atoms with Crippen molar-refractivity contribution in [1.29, 1.82) is 0 Å². The van der Waals surface area contributed by atoms with Crippen LogP contribution in [0.1, 0.15) is 22.3 Å². The van der Waals surface area contributed by atoms with Crippen molar-refractivity contribution in [3.05, 3.63) is 0 Å². The molecule has 0 heterocycles. The number of hydrogen-bond acceptors (Lipinski definition) is 0. The predicted octanol–water partition coefficient (Wildman–Crippen LogP) is 1.73. The molecule has 0 fully saturated rings. The Bertz CT molecular complexity index is 7.51. The third-order valence-electron chi connectivity index (χ3n) is 0.